The molecule has 0 fully saturated rings. The highest BCUT2D eigenvalue weighted by molar-refractivity contribution is 7.09. The van der Waals surface area contributed by atoms with Crippen molar-refractivity contribution < 1.29 is 13.2 Å². The summed E-state index contributed by atoms with van der Waals surface area (Å²) in [7, 11) is 0. The molecule has 0 saturated heterocycles. The molecule has 124 valence electrons. The first-order chi connectivity index (χ1) is 11.5. The lowest BCUT2D eigenvalue weighted by molar-refractivity contribution is -0.137. The number of benzene rings is 1. The summed E-state index contributed by atoms with van der Waals surface area (Å²) in [6.45, 7) is 0.825. The zero-order valence-corrected chi connectivity index (χ0v) is 13.4. The molecule has 0 spiro atoms. The van der Waals surface area contributed by atoms with Crippen molar-refractivity contribution in [1.29, 1.82) is 0 Å². The second kappa shape index (κ2) is 5.66. The molecule has 3 heterocycles. The smallest absolute Gasteiger partial charge is 0.369 e. The van der Waals surface area contributed by atoms with Crippen LogP contribution in [0.3, 0.4) is 0 Å². The molecular weight excluding hydrogens is 335 g/mol. The van der Waals surface area contributed by atoms with Gasteiger partial charge in [0.15, 0.2) is 0 Å². The van der Waals surface area contributed by atoms with Crippen LogP contribution in [0.15, 0.2) is 41.8 Å². The lowest BCUT2D eigenvalue weighted by atomic mass is 10.1. The van der Waals surface area contributed by atoms with Crippen molar-refractivity contribution >= 4 is 17.2 Å². The number of alkyl halides is 3. The van der Waals surface area contributed by atoms with E-state index in [2.05, 4.69) is 16.5 Å². The predicted octanol–water partition coefficient (Wildman–Crippen LogP) is 4.51. The van der Waals surface area contributed by atoms with Gasteiger partial charge in [-0.15, -0.1) is 11.3 Å². The Morgan fingerprint density at radius 1 is 1.17 bits per heavy atom. The molecule has 7 heteroatoms. The van der Waals surface area contributed by atoms with E-state index in [0.29, 0.717) is 5.69 Å². The number of hydrogen-bond donors (Lipinski definition) is 1. The van der Waals surface area contributed by atoms with Crippen LogP contribution in [0.25, 0.3) is 5.69 Å². The minimum absolute atomic E-state index is 0.631. The van der Waals surface area contributed by atoms with Crippen molar-refractivity contribution in [3.05, 3.63) is 63.5 Å². The molecule has 0 saturated carbocycles. The third kappa shape index (κ3) is 2.69. The van der Waals surface area contributed by atoms with Crippen LogP contribution < -0.4 is 5.32 Å². The third-order valence-corrected chi connectivity index (χ3v) is 4.97. The summed E-state index contributed by atoms with van der Waals surface area (Å²) >= 11 is 1.68. The summed E-state index contributed by atoms with van der Waals surface area (Å²) in [6, 6.07) is 9.19. The second-order valence-electron chi connectivity index (χ2n) is 5.66. The molecule has 1 aliphatic heterocycles. The van der Waals surface area contributed by atoms with Gasteiger partial charge in [0.25, 0.3) is 0 Å². The standard InChI is InChI=1S/C17H14F3N3S/c18-17(19,20)11-3-5-12(6-4-11)23-16-14(7-8-21-16)15(22-23)10-13-2-1-9-24-13/h1-6,9,21H,7-8,10H2. The fourth-order valence-corrected chi connectivity index (χ4v) is 3.65. The minimum Gasteiger partial charge on any atom is -0.369 e. The van der Waals surface area contributed by atoms with Crippen LogP contribution in [0.5, 0.6) is 0 Å². The molecule has 1 aliphatic rings. The summed E-state index contributed by atoms with van der Waals surface area (Å²) in [4.78, 5) is 1.22. The average molecular weight is 349 g/mol. The van der Waals surface area contributed by atoms with Gasteiger partial charge in [0, 0.05) is 23.4 Å². The van der Waals surface area contributed by atoms with Crippen molar-refractivity contribution in [1.82, 2.24) is 9.78 Å². The molecule has 2 aromatic heterocycles. The van der Waals surface area contributed by atoms with Gasteiger partial charge in [-0.2, -0.15) is 18.3 Å². The number of fused-ring (bicyclic) bond motifs is 1. The maximum absolute atomic E-state index is 12.7. The molecule has 0 bridgehead atoms. The van der Waals surface area contributed by atoms with E-state index in [0.717, 1.165) is 48.6 Å². The topological polar surface area (TPSA) is 29.9 Å². The van der Waals surface area contributed by atoms with Crippen molar-refractivity contribution in [2.75, 3.05) is 11.9 Å². The quantitative estimate of drug-likeness (QED) is 0.754. The lowest BCUT2D eigenvalue weighted by Crippen LogP contribution is -2.07. The summed E-state index contributed by atoms with van der Waals surface area (Å²) < 4.78 is 39.9. The van der Waals surface area contributed by atoms with Crippen molar-refractivity contribution in [3.63, 3.8) is 0 Å². The minimum atomic E-state index is -4.33. The summed E-state index contributed by atoms with van der Waals surface area (Å²) in [5, 5.41) is 9.97. The fraction of sp³-hybridized carbons (Fsp3) is 0.235. The van der Waals surface area contributed by atoms with Crippen LogP contribution in [-0.2, 0) is 19.0 Å². The van der Waals surface area contributed by atoms with Gasteiger partial charge in [0.1, 0.15) is 5.82 Å². The highest BCUT2D eigenvalue weighted by Gasteiger charge is 2.30. The van der Waals surface area contributed by atoms with Gasteiger partial charge < -0.3 is 5.32 Å². The molecule has 1 aromatic carbocycles. The van der Waals surface area contributed by atoms with Crippen molar-refractivity contribution in [2.24, 2.45) is 0 Å². The van der Waals surface area contributed by atoms with Crippen LogP contribution in [0.4, 0.5) is 19.0 Å². The third-order valence-electron chi connectivity index (χ3n) is 4.10. The maximum Gasteiger partial charge on any atom is 0.416 e. The maximum atomic E-state index is 12.7. The molecule has 3 aromatic rings. The van der Waals surface area contributed by atoms with Gasteiger partial charge in [-0.1, -0.05) is 6.07 Å². The zero-order chi connectivity index (χ0) is 16.7. The van der Waals surface area contributed by atoms with Gasteiger partial charge in [-0.3, -0.25) is 0 Å². The molecule has 24 heavy (non-hydrogen) atoms. The molecule has 4 rings (SSSR count). The number of anilines is 1. The Labute approximate surface area is 140 Å². The fourth-order valence-electron chi connectivity index (χ4n) is 2.94. The Hall–Kier alpha value is -2.28. The van der Waals surface area contributed by atoms with Gasteiger partial charge in [-0.25, -0.2) is 4.68 Å². The largest absolute Gasteiger partial charge is 0.416 e. The molecule has 0 atom stereocenters. The van der Waals surface area contributed by atoms with Gasteiger partial charge in [-0.05, 0) is 42.1 Å². The Bertz CT molecular complexity index is 849. The molecule has 0 unspecified atom stereocenters. The summed E-state index contributed by atoms with van der Waals surface area (Å²) in [5.74, 6) is 0.890. The van der Waals surface area contributed by atoms with Crippen LogP contribution in [-0.4, -0.2) is 16.3 Å². The highest BCUT2D eigenvalue weighted by Crippen LogP contribution is 2.33. The van der Waals surface area contributed by atoms with Crippen molar-refractivity contribution in [3.8, 4) is 5.69 Å². The van der Waals surface area contributed by atoms with E-state index >= 15 is 0 Å². The van der Waals surface area contributed by atoms with Crippen molar-refractivity contribution in [2.45, 2.75) is 19.0 Å². The Balaban J connectivity index is 1.71. The number of nitrogens with zero attached hydrogens (tertiary/aromatic N) is 2. The van der Waals surface area contributed by atoms with E-state index in [1.165, 1.54) is 17.0 Å². The van der Waals surface area contributed by atoms with Gasteiger partial charge >= 0.3 is 6.18 Å². The predicted molar refractivity (Wildman–Crippen MR) is 87.9 cm³/mol. The van der Waals surface area contributed by atoms with E-state index < -0.39 is 11.7 Å². The van der Waals surface area contributed by atoms with Crippen LogP contribution in [0.2, 0.25) is 0 Å². The van der Waals surface area contributed by atoms with E-state index in [-0.39, 0.29) is 0 Å². The van der Waals surface area contributed by atoms with E-state index in [4.69, 9.17) is 0 Å². The number of aromatic nitrogens is 2. The lowest BCUT2D eigenvalue weighted by Gasteiger charge is -2.09. The van der Waals surface area contributed by atoms with E-state index in [9.17, 15) is 13.2 Å². The second-order valence-corrected chi connectivity index (χ2v) is 6.70. The Morgan fingerprint density at radius 3 is 2.62 bits per heavy atom. The Kier molecular flexibility index (Phi) is 3.60. The number of thiophene rings is 1. The molecular formula is C17H14F3N3S. The molecule has 0 amide bonds. The van der Waals surface area contributed by atoms with Gasteiger partial charge in [0.05, 0.1) is 16.9 Å². The first-order valence-electron chi connectivity index (χ1n) is 7.57. The number of nitrogens with one attached hydrogen (secondary N) is 1. The highest BCUT2D eigenvalue weighted by atomic mass is 32.1. The molecule has 1 N–H and O–H groups in total. The monoisotopic (exact) mass is 349 g/mol. The van der Waals surface area contributed by atoms with Crippen LogP contribution in [0, 0.1) is 0 Å². The Morgan fingerprint density at radius 2 is 1.96 bits per heavy atom. The first kappa shape index (κ1) is 15.3. The SMILES string of the molecule is FC(F)(F)c1ccc(-n2nc(Cc3cccs3)c3c2NCC3)cc1. The number of rotatable bonds is 3. The number of halogens is 3. The average Bonchev–Trinajstić information content (AvgIpc) is 3.26. The van der Waals surface area contributed by atoms with E-state index in [1.807, 2.05) is 11.4 Å². The van der Waals surface area contributed by atoms with Crippen LogP contribution in [0.1, 0.15) is 21.7 Å². The molecule has 0 aliphatic carbocycles. The number of hydrogen-bond acceptors (Lipinski definition) is 3. The first-order valence-corrected chi connectivity index (χ1v) is 8.45. The molecule has 0 radical (unpaired) electrons. The van der Waals surface area contributed by atoms with E-state index in [1.54, 1.807) is 16.0 Å². The summed E-state index contributed by atoms with van der Waals surface area (Å²) in [5.41, 5.74) is 2.12. The zero-order valence-electron chi connectivity index (χ0n) is 12.6. The summed E-state index contributed by atoms with van der Waals surface area (Å²) in [6.07, 6.45) is -2.70. The normalized spacial score (nSPS) is 13.8. The van der Waals surface area contributed by atoms with Crippen LogP contribution >= 0.6 is 11.3 Å². The van der Waals surface area contributed by atoms with Gasteiger partial charge in [0.2, 0.25) is 0 Å². The molecule has 3 nitrogen and oxygen atoms in total.